The molecule has 0 spiro atoms. The average Bonchev–Trinajstić information content (AvgIpc) is 2.55. The molecule has 2 rings (SSSR count). The number of hydrogen-bond acceptors (Lipinski definition) is 3. The van der Waals surface area contributed by atoms with Gasteiger partial charge in [0.05, 0.1) is 11.6 Å². The Morgan fingerprint density at radius 2 is 1.83 bits per heavy atom. The van der Waals surface area contributed by atoms with Gasteiger partial charge in [0.25, 0.3) is 0 Å². The number of nitriles is 1. The molecule has 1 unspecified atom stereocenters. The monoisotopic (exact) mass is 308 g/mol. The zero-order valence-electron chi connectivity index (χ0n) is 13.3. The highest BCUT2D eigenvalue weighted by Crippen LogP contribution is 2.23. The summed E-state index contributed by atoms with van der Waals surface area (Å²) in [5.41, 5.74) is 3.53. The number of aliphatic carboxylic acids is 1. The molecule has 0 heterocycles. The molecule has 0 radical (unpaired) electrons. The minimum atomic E-state index is -0.834. The van der Waals surface area contributed by atoms with E-state index in [0.717, 1.165) is 16.7 Å². The molecule has 0 fully saturated rings. The van der Waals surface area contributed by atoms with Gasteiger partial charge >= 0.3 is 5.97 Å². The number of rotatable bonds is 6. The van der Waals surface area contributed by atoms with Crippen molar-refractivity contribution < 1.29 is 9.90 Å². The topological polar surface area (TPSA) is 73.1 Å². The van der Waals surface area contributed by atoms with Crippen LogP contribution in [0.4, 0.5) is 0 Å². The minimum absolute atomic E-state index is 0.0225. The molecule has 4 nitrogen and oxygen atoms in total. The van der Waals surface area contributed by atoms with Gasteiger partial charge in [0, 0.05) is 6.54 Å². The van der Waals surface area contributed by atoms with E-state index >= 15 is 0 Å². The van der Waals surface area contributed by atoms with E-state index < -0.39 is 12.0 Å². The van der Waals surface area contributed by atoms with Crippen LogP contribution in [0.15, 0.2) is 48.5 Å². The van der Waals surface area contributed by atoms with Crippen molar-refractivity contribution in [1.82, 2.24) is 5.32 Å². The molecule has 0 aliphatic rings. The van der Waals surface area contributed by atoms with Crippen LogP contribution in [0.1, 0.15) is 25.0 Å². The maximum atomic E-state index is 11.2. The van der Waals surface area contributed by atoms with Gasteiger partial charge in [-0.2, -0.15) is 5.26 Å². The van der Waals surface area contributed by atoms with Crippen LogP contribution >= 0.6 is 0 Å². The summed E-state index contributed by atoms with van der Waals surface area (Å²) in [6, 6.07) is 16.9. The Labute approximate surface area is 136 Å². The zero-order chi connectivity index (χ0) is 16.8. The first-order valence-corrected chi connectivity index (χ1v) is 7.57. The molecule has 1 atom stereocenters. The van der Waals surface area contributed by atoms with Crippen LogP contribution in [0.25, 0.3) is 11.1 Å². The first-order chi connectivity index (χ1) is 11.0. The summed E-state index contributed by atoms with van der Waals surface area (Å²) in [5, 5.41) is 21.4. The maximum absolute atomic E-state index is 11.2. The van der Waals surface area contributed by atoms with Crippen molar-refractivity contribution >= 4 is 5.97 Å². The number of carboxylic acids is 1. The predicted molar refractivity (Wildman–Crippen MR) is 89.7 cm³/mol. The van der Waals surface area contributed by atoms with Gasteiger partial charge < -0.3 is 10.4 Å². The molecule has 23 heavy (non-hydrogen) atoms. The summed E-state index contributed by atoms with van der Waals surface area (Å²) < 4.78 is 0. The summed E-state index contributed by atoms with van der Waals surface area (Å²) in [4.78, 5) is 11.2. The fourth-order valence-electron chi connectivity index (χ4n) is 2.47. The fourth-order valence-corrected chi connectivity index (χ4v) is 2.47. The first-order valence-electron chi connectivity index (χ1n) is 7.57. The quantitative estimate of drug-likeness (QED) is 0.857. The van der Waals surface area contributed by atoms with E-state index in [1.165, 1.54) is 0 Å². The predicted octanol–water partition coefficient (Wildman–Crippen LogP) is 3.42. The number of benzene rings is 2. The SMILES string of the molecule is CC(C)C(NCc1ccc(-c2ccccc2C#N)cc1)C(=O)O. The minimum Gasteiger partial charge on any atom is -0.480 e. The number of hydrogen-bond donors (Lipinski definition) is 2. The van der Waals surface area contributed by atoms with E-state index in [1.807, 2.05) is 56.3 Å². The van der Waals surface area contributed by atoms with Crippen LogP contribution in [-0.4, -0.2) is 17.1 Å². The second kappa shape index (κ2) is 7.57. The third-order valence-electron chi connectivity index (χ3n) is 3.77. The van der Waals surface area contributed by atoms with Crippen molar-refractivity contribution in [3.05, 3.63) is 59.7 Å². The largest absolute Gasteiger partial charge is 0.480 e. The number of nitrogens with zero attached hydrogens (tertiary/aromatic N) is 1. The number of nitrogens with one attached hydrogen (secondary N) is 1. The second-order valence-corrected chi connectivity index (χ2v) is 5.80. The normalized spacial score (nSPS) is 11.9. The van der Waals surface area contributed by atoms with Gasteiger partial charge in [0.2, 0.25) is 0 Å². The van der Waals surface area contributed by atoms with Crippen molar-refractivity contribution in [2.24, 2.45) is 5.92 Å². The van der Waals surface area contributed by atoms with E-state index in [-0.39, 0.29) is 5.92 Å². The lowest BCUT2D eigenvalue weighted by Crippen LogP contribution is -2.40. The third-order valence-corrected chi connectivity index (χ3v) is 3.77. The molecule has 0 bridgehead atoms. The zero-order valence-corrected chi connectivity index (χ0v) is 13.3. The van der Waals surface area contributed by atoms with Crippen LogP contribution in [-0.2, 0) is 11.3 Å². The molecule has 2 aromatic carbocycles. The third kappa shape index (κ3) is 4.18. The Hall–Kier alpha value is -2.64. The number of carboxylic acid groups (broad SMARTS) is 1. The van der Waals surface area contributed by atoms with Gasteiger partial charge in [0.1, 0.15) is 6.04 Å². The summed E-state index contributed by atoms with van der Waals surface area (Å²) in [6.07, 6.45) is 0. The van der Waals surface area contributed by atoms with Crippen LogP contribution in [0.3, 0.4) is 0 Å². The molecule has 0 saturated carbocycles. The van der Waals surface area contributed by atoms with Gasteiger partial charge in [-0.3, -0.25) is 4.79 Å². The Morgan fingerprint density at radius 3 is 2.39 bits per heavy atom. The molecule has 4 heteroatoms. The van der Waals surface area contributed by atoms with E-state index in [1.54, 1.807) is 6.07 Å². The summed E-state index contributed by atoms with van der Waals surface area (Å²) in [5.74, 6) is -0.811. The van der Waals surface area contributed by atoms with Crippen molar-refractivity contribution in [2.75, 3.05) is 0 Å². The summed E-state index contributed by atoms with van der Waals surface area (Å²) >= 11 is 0. The van der Waals surface area contributed by atoms with Gasteiger partial charge in [-0.15, -0.1) is 0 Å². The lowest BCUT2D eigenvalue weighted by Gasteiger charge is -2.18. The molecule has 0 aliphatic heterocycles. The standard InChI is InChI=1S/C19H20N2O2/c1-13(2)18(19(22)23)21-12-14-7-9-15(10-8-14)17-6-4-3-5-16(17)11-20/h3-10,13,18,21H,12H2,1-2H3,(H,22,23). The molecule has 0 aliphatic carbocycles. The van der Waals surface area contributed by atoms with Crippen molar-refractivity contribution in [3.8, 4) is 17.2 Å². The lowest BCUT2D eigenvalue weighted by molar-refractivity contribution is -0.140. The molecule has 2 N–H and O–H groups in total. The molecule has 0 aromatic heterocycles. The Morgan fingerprint density at radius 1 is 1.17 bits per heavy atom. The van der Waals surface area contributed by atoms with Crippen LogP contribution < -0.4 is 5.32 Å². The van der Waals surface area contributed by atoms with E-state index in [2.05, 4.69) is 11.4 Å². The number of carbonyl (C=O) groups is 1. The Bertz CT molecular complexity index is 715. The molecule has 0 saturated heterocycles. The summed E-state index contributed by atoms with van der Waals surface area (Å²) in [6.45, 7) is 4.26. The van der Waals surface area contributed by atoms with Gasteiger partial charge in [-0.1, -0.05) is 56.3 Å². The Balaban J connectivity index is 2.11. The molecular formula is C19H20N2O2. The van der Waals surface area contributed by atoms with E-state index in [0.29, 0.717) is 12.1 Å². The smallest absolute Gasteiger partial charge is 0.320 e. The van der Waals surface area contributed by atoms with Gasteiger partial charge in [-0.05, 0) is 28.7 Å². The van der Waals surface area contributed by atoms with Gasteiger partial charge in [0.15, 0.2) is 0 Å². The molecule has 0 amide bonds. The lowest BCUT2D eigenvalue weighted by atomic mass is 9.99. The highest BCUT2D eigenvalue weighted by molar-refractivity contribution is 5.73. The van der Waals surface area contributed by atoms with Crippen LogP contribution in [0.2, 0.25) is 0 Å². The van der Waals surface area contributed by atoms with Crippen molar-refractivity contribution in [2.45, 2.75) is 26.4 Å². The molecule has 118 valence electrons. The van der Waals surface area contributed by atoms with Crippen LogP contribution in [0, 0.1) is 17.2 Å². The van der Waals surface area contributed by atoms with Crippen molar-refractivity contribution in [1.29, 1.82) is 5.26 Å². The first kappa shape index (κ1) is 16.7. The Kier molecular flexibility index (Phi) is 5.51. The highest BCUT2D eigenvalue weighted by atomic mass is 16.4. The van der Waals surface area contributed by atoms with Gasteiger partial charge in [-0.25, -0.2) is 0 Å². The fraction of sp³-hybridized carbons (Fsp3) is 0.263. The highest BCUT2D eigenvalue weighted by Gasteiger charge is 2.20. The van der Waals surface area contributed by atoms with E-state index in [4.69, 9.17) is 5.26 Å². The van der Waals surface area contributed by atoms with Crippen LogP contribution in [0.5, 0.6) is 0 Å². The van der Waals surface area contributed by atoms with Crippen molar-refractivity contribution in [3.63, 3.8) is 0 Å². The molecule has 2 aromatic rings. The maximum Gasteiger partial charge on any atom is 0.320 e. The van der Waals surface area contributed by atoms with E-state index in [9.17, 15) is 9.90 Å². The average molecular weight is 308 g/mol. The second-order valence-electron chi connectivity index (χ2n) is 5.80. The summed E-state index contributed by atoms with van der Waals surface area (Å²) in [7, 11) is 0. The molecular weight excluding hydrogens is 288 g/mol.